The van der Waals surface area contributed by atoms with Crippen LogP contribution in [0.4, 0.5) is 0 Å². The lowest BCUT2D eigenvalue weighted by Crippen LogP contribution is -2.29. The summed E-state index contributed by atoms with van der Waals surface area (Å²) in [6.07, 6.45) is 1.93. The molecule has 1 fully saturated rings. The lowest BCUT2D eigenvalue weighted by molar-refractivity contribution is -0.140. The summed E-state index contributed by atoms with van der Waals surface area (Å²) in [6.45, 7) is 5.20. The second-order valence-corrected chi connectivity index (χ2v) is 8.62. The van der Waals surface area contributed by atoms with Crippen LogP contribution >= 0.6 is 0 Å². The molecule has 1 heterocycles. The van der Waals surface area contributed by atoms with E-state index in [1.54, 1.807) is 36.4 Å². The summed E-state index contributed by atoms with van der Waals surface area (Å²) in [5, 5.41) is 11.2. The Balaban J connectivity index is 1.83. The van der Waals surface area contributed by atoms with Crippen LogP contribution in [0.1, 0.15) is 49.4 Å². The number of unbranched alkanes of at least 4 members (excludes halogenated alkanes) is 1. The smallest absolute Gasteiger partial charge is 0.295 e. The van der Waals surface area contributed by atoms with Gasteiger partial charge in [-0.15, -0.1) is 0 Å². The van der Waals surface area contributed by atoms with Gasteiger partial charge in [0.2, 0.25) is 0 Å². The summed E-state index contributed by atoms with van der Waals surface area (Å²) in [7, 11) is 0. The average molecular weight is 486 g/mol. The van der Waals surface area contributed by atoms with E-state index in [-0.39, 0.29) is 17.9 Å². The molecule has 6 heteroatoms. The lowest BCUT2D eigenvalue weighted by Gasteiger charge is -2.26. The number of aliphatic hydroxyl groups excluding tert-OH is 1. The van der Waals surface area contributed by atoms with Crippen molar-refractivity contribution in [2.24, 2.45) is 0 Å². The number of nitrogens with zero attached hydrogens (tertiary/aromatic N) is 1. The molecular weight excluding hydrogens is 454 g/mol. The highest BCUT2D eigenvalue weighted by molar-refractivity contribution is 6.46. The van der Waals surface area contributed by atoms with Gasteiger partial charge in [0.05, 0.1) is 24.8 Å². The fourth-order valence-electron chi connectivity index (χ4n) is 4.33. The molecule has 3 aromatic rings. The van der Waals surface area contributed by atoms with E-state index in [2.05, 4.69) is 6.92 Å². The van der Waals surface area contributed by atoms with Crippen LogP contribution in [0.3, 0.4) is 0 Å². The first-order chi connectivity index (χ1) is 17.5. The summed E-state index contributed by atoms with van der Waals surface area (Å²) in [6, 6.07) is 23.0. The van der Waals surface area contributed by atoms with Crippen LogP contribution in [0.25, 0.3) is 5.76 Å². The van der Waals surface area contributed by atoms with Crippen molar-refractivity contribution in [3.63, 3.8) is 0 Å². The summed E-state index contributed by atoms with van der Waals surface area (Å²) < 4.78 is 11.8. The molecule has 0 saturated carbocycles. The lowest BCUT2D eigenvalue weighted by atomic mass is 9.95. The van der Waals surface area contributed by atoms with Crippen molar-refractivity contribution >= 4 is 17.4 Å². The minimum atomic E-state index is -0.783. The number of ether oxygens (including phenoxy) is 2. The molecule has 36 heavy (non-hydrogen) atoms. The molecule has 186 valence electrons. The zero-order chi connectivity index (χ0) is 25.5. The largest absolute Gasteiger partial charge is 0.507 e. The maximum atomic E-state index is 13.3. The molecule has 1 aliphatic rings. The number of Topliss-reactive ketones (excluding diaryl/α,β-unsaturated/α-hetero) is 1. The van der Waals surface area contributed by atoms with Gasteiger partial charge in [0.1, 0.15) is 5.76 Å². The molecule has 1 N–H and O–H groups in total. The third-order valence-electron chi connectivity index (χ3n) is 6.12. The first-order valence-corrected chi connectivity index (χ1v) is 12.3. The Kier molecular flexibility index (Phi) is 8.06. The van der Waals surface area contributed by atoms with Gasteiger partial charge in [-0.2, -0.15) is 0 Å². The highest BCUT2D eigenvalue weighted by atomic mass is 16.5. The van der Waals surface area contributed by atoms with Gasteiger partial charge in [-0.1, -0.05) is 80.1 Å². The molecule has 1 atom stereocenters. The van der Waals surface area contributed by atoms with Crippen LogP contribution in [0.15, 0.2) is 84.4 Å². The van der Waals surface area contributed by atoms with Crippen LogP contribution < -0.4 is 9.47 Å². The van der Waals surface area contributed by atoms with E-state index < -0.39 is 17.7 Å². The molecule has 1 aliphatic heterocycles. The average Bonchev–Trinajstić information content (AvgIpc) is 3.15. The van der Waals surface area contributed by atoms with Crippen molar-refractivity contribution in [3.05, 3.63) is 101 Å². The van der Waals surface area contributed by atoms with E-state index in [1.807, 2.05) is 49.4 Å². The maximum Gasteiger partial charge on any atom is 0.295 e. The molecule has 1 saturated heterocycles. The number of carbonyl (C=O) groups excluding carboxylic acids is 2. The van der Waals surface area contributed by atoms with E-state index in [9.17, 15) is 14.7 Å². The van der Waals surface area contributed by atoms with E-state index in [0.29, 0.717) is 35.8 Å². The van der Waals surface area contributed by atoms with Gasteiger partial charge in [-0.25, -0.2) is 0 Å². The monoisotopic (exact) mass is 485 g/mol. The number of likely N-dealkylation sites (tertiary alicyclic amines) is 1. The molecular formula is C30H31NO5. The van der Waals surface area contributed by atoms with Gasteiger partial charge in [-0.05, 0) is 36.6 Å². The van der Waals surface area contributed by atoms with Crippen LogP contribution in [0.5, 0.6) is 11.5 Å². The molecule has 0 bridgehead atoms. The molecule has 0 aliphatic carbocycles. The second kappa shape index (κ2) is 11.6. The van der Waals surface area contributed by atoms with Crippen LogP contribution in [0, 0.1) is 0 Å². The molecule has 3 aromatic carbocycles. The molecule has 0 aromatic heterocycles. The number of ketones is 1. The van der Waals surface area contributed by atoms with Crippen LogP contribution in [-0.4, -0.2) is 34.9 Å². The van der Waals surface area contributed by atoms with E-state index in [1.165, 1.54) is 4.90 Å². The van der Waals surface area contributed by atoms with Crippen LogP contribution in [-0.2, 0) is 16.1 Å². The van der Waals surface area contributed by atoms with Gasteiger partial charge < -0.3 is 19.5 Å². The molecule has 0 spiro atoms. The number of rotatable bonds is 10. The van der Waals surface area contributed by atoms with E-state index in [4.69, 9.17) is 9.47 Å². The van der Waals surface area contributed by atoms with Crippen molar-refractivity contribution in [1.82, 2.24) is 4.90 Å². The molecule has 0 radical (unpaired) electrons. The maximum absolute atomic E-state index is 13.3. The van der Waals surface area contributed by atoms with Gasteiger partial charge in [0.25, 0.3) is 11.7 Å². The summed E-state index contributed by atoms with van der Waals surface area (Å²) >= 11 is 0. The molecule has 6 nitrogen and oxygen atoms in total. The van der Waals surface area contributed by atoms with Crippen molar-refractivity contribution in [2.75, 3.05) is 13.2 Å². The highest BCUT2D eigenvalue weighted by Gasteiger charge is 2.46. The number of hydrogen-bond acceptors (Lipinski definition) is 5. The topological polar surface area (TPSA) is 76.1 Å². The first-order valence-electron chi connectivity index (χ1n) is 12.3. The highest BCUT2D eigenvalue weighted by Crippen LogP contribution is 2.42. The summed E-state index contributed by atoms with van der Waals surface area (Å²) in [4.78, 5) is 28.1. The van der Waals surface area contributed by atoms with E-state index >= 15 is 0 Å². The number of amides is 1. The van der Waals surface area contributed by atoms with Crippen molar-refractivity contribution < 1.29 is 24.2 Å². The Hall–Kier alpha value is -4.06. The minimum absolute atomic E-state index is 0.0595. The number of benzene rings is 3. The first kappa shape index (κ1) is 25.0. The molecule has 4 rings (SSSR count). The van der Waals surface area contributed by atoms with Gasteiger partial charge >= 0.3 is 0 Å². The Bertz CT molecular complexity index is 1240. The zero-order valence-electron chi connectivity index (χ0n) is 20.6. The van der Waals surface area contributed by atoms with Gasteiger partial charge in [-0.3, -0.25) is 9.59 Å². The Labute approximate surface area is 211 Å². The van der Waals surface area contributed by atoms with Gasteiger partial charge in [0, 0.05) is 12.1 Å². The standard InChI is InChI=1S/C30H31NO5/c1-3-5-18-36-24-17-16-23(19-25(24)35-4-2)27-26(28(32)22-14-10-7-11-15-22)29(33)30(34)31(27)20-21-12-8-6-9-13-21/h6-17,19,27,32H,3-5,18,20H2,1-2H3/b28-26+. The fraction of sp³-hybridized carbons (Fsp3) is 0.267. The quantitative estimate of drug-likeness (QED) is 0.168. The molecule has 1 amide bonds. The van der Waals surface area contributed by atoms with Crippen LogP contribution in [0.2, 0.25) is 0 Å². The third kappa shape index (κ3) is 5.28. The predicted octanol–water partition coefficient (Wildman–Crippen LogP) is 5.89. The number of aliphatic hydroxyl groups is 1. The second-order valence-electron chi connectivity index (χ2n) is 8.62. The SMILES string of the molecule is CCCCOc1ccc(C2/C(=C(\O)c3ccccc3)C(=O)C(=O)N2Cc2ccccc2)cc1OCC. The number of carbonyl (C=O) groups is 2. The summed E-state index contributed by atoms with van der Waals surface area (Å²) in [5.41, 5.74) is 2.08. The predicted molar refractivity (Wildman–Crippen MR) is 139 cm³/mol. The van der Waals surface area contributed by atoms with Crippen molar-refractivity contribution in [3.8, 4) is 11.5 Å². The summed E-state index contributed by atoms with van der Waals surface area (Å²) in [5.74, 6) is -0.412. The zero-order valence-corrected chi connectivity index (χ0v) is 20.6. The molecule has 1 unspecified atom stereocenters. The Morgan fingerprint density at radius 2 is 1.58 bits per heavy atom. The number of hydrogen-bond donors (Lipinski definition) is 1. The Morgan fingerprint density at radius 3 is 2.25 bits per heavy atom. The normalized spacial score (nSPS) is 16.8. The van der Waals surface area contributed by atoms with E-state index in [0.717, 1.165) is 18.4 Å². The van der Waals surface area contributed by atoms with Crippen molar-refractivity contribution in [1.29, 1.82) is 0 Å². The minimum Gasteiger partial charge on any atom is -0.507 e. The van der Waals surface area contributed by atoms with Gasteiger partial charge in [0.15, 0.2) is 11.5 Å². The fourth-order valence-corrected chi connectivity index (χ4v) is 4.33. The van der Waals surface area contributed by atoms with Crippen molar-refractivity contribution in [2.45, 2.75) is 39.3 Å². The Morgan fingerprint density at radius 1 is 0.889 bits per heavy atom. The third-order valence-corrected chi connectivity index (χ3v) is 6.12.